The summed E-state index contributed by atoms with van der Waals surface area (Å²) in [6.45, 7) is 3.02. The summed E-state index contributed by atoms with van der Waals surface area (Å²) in [5.74, 6) is -3.06. The van der Waals surface area contributed by atoms with E-state index in [9.17, 15) is 14.7 Å². The van der Waals surface area contributed by atoms with Crippen molar-refractivity contribution in [1.82, 2.24) is 9.47 Å². The van der Waals surface area contributed by atoms with Crippen molar-refractivity contribution in [2.75, 3.05) is 37.8 Å². The van der Waals surface area contributed by atoms with Crippen LogP contribution in [0.4, 0.5) is 20.2 Å². The Morgan fingerprint density at radius 1 is 1.27 bits per heavy atom. The molecule has 9 heteroatoms. The fourth-order valence-electron chi connectivity index (χ4n) is 4.43. The second-order valence-electron chi connectivity index (χ2n) is 8.63. The Morgan fingerprint density at radius 3 is 2.50 bits per heavy atom. The predicted molar refractivity (Wildman–Crippen MR) is 111 cm³/mol. The van der Waals surface area contributed by atoms with E-state index < -0.39 is 39.7 Å². The van der Waals surface area contributed by atoms with Gasteiger partial charge in [0, 0.05) is 31.4 Å². The smallest absolute Gasteiger partial charge is 0.341 e. The Kier molecular flexibility index (Phi) is 4.96. The number of nitrogens with zero attached hydrogens (tertiary/aromatic N) is 3. The SMILES string of the molecule is C[C@H]([C@@H]1CCN(c2c(F)c(N)c3c(=O)c(C(=O)O)cn(C4CC4)c3c2F)C1)N(C)C. The van der Waals surface area contributed by atoms with Crippen molar-refractivity contribution >= 4 is 28.2 Å². The molecule has 2 aromatic rings. The highest BCUT2D eigenvalue weighted by atomic mass is 19.1. The van der Waals surface area contributed by atoms with Crippen LogP contribution in [0.15, 0.2) is 11.0 Å². The Labute approximate surface area is 172 Å². The first-order valence-electron chi connectivity index (χ1n) is 10.1. The molecule has 30 heavy (non-hydrogen) atoms. The molecule has 7 nitrogen and oxygen atoms in total. The number of hydrogen-bond donors (Lipinski definition) is 2. The maximum absolute atomic E-state index is 15.8. The second-order valence-corrected chi connectivity index (χ2v) is 8.63. The monoisotopic (exact) mass is 420 g/mol. The van der Waals surface area contributed by atoms with Gasteiger partial charge in [0.1, 0.15) is 11.3 Å². The van der Waals surface area contributed by atoms with Crippen LogP contribution in [0.25, 0.3) is 10.9 Å². The number of hydrogen-bond acceptors (Lipinski definition) is 5. The third-order valence-electron chi connectivity index (χ3n) is 6.57. The van der Waals surface area contributed by atoms with Gasteiger partial charge in [-0.2, -0.15) is 0 Å². The standard InChI is InChI=1S/C21H26F2N4O3/c1-10(25(2)3)11-6-7-26(8-11)19-15(22)17(24)14-18(16(19)23)27(12-4-5-12)9-13(20(14)28)21(29)30/h9-12H,4-8,24H2,1-3H3,(H,29,30)/t10-,11-/m1/s1. The Bertz CT molecular complexity index is 1090. The minimum Gasteiger partial charge on any atom is -0.477 e. The fourth-order valence-corrected chi connectivity index (χ4v) is 4.43. The Hall–Kier alpha value is -2.68. The normalized spacial score (nSPS) is 20.3. The molecule has 3 N–H and O–H groups in total. The molecule has 0 spiro atoms. The minimum absolute atomic E-state index is 0.106. The van der Waals surface area contributed by atoms with Gasteiger partial charge in [-0.1, -0.05) is 0 Å². The number of halogens is 2. The maximum Gasteiger partial charge on any atom is 0.341 e. The van der Waals surface area contributed by atoms with Crippen molar-refractivity contribution in [3.8, 4) is 0 Å². The van der Waals surface area contributed by atoms with Gasteiger partial charge >= 0.3 is 5.97 Å². The number of nitrogen functional groups attached to an aromatic ring is 1. The van der Waals surface area contributed by atoms with Crippen molar-refractivity contribution in [1.29, 1.82) is 0 Å². The van der Waals surface area contributed by atoms with Gasteiger partial charge in [-0.3, -0.25) is 4.79 Å². The molecule has 0 bridgehead atoms. The van der Waals surface area contributed by atoms with Crippen molar-refractivity contribution in [3.63, 3.8) is 0 Å². The zero-order valence-electron chi connectivity index (χ0n) is 17.3. The molecule has 2 heterocycles. The van der Waals surface area contributed by atoms with E-state index in [2.05, 4.69) is 11.8 Å². The van der Waals surface area contributed by atoms with Crippen LogP contribution in [0.1, 0.15) is 42.6 Å². The van der Waals surface area contributed by atoms with Gasteiger partial charge in [0.15, 0.2) is 11.6 Å². The van der Waals surface area contributed by atoms with Gasteiger partial charge in [-0.05, 0) is 46.2 Å². The summed E-state index contributed by atoms with van der Waals surface area (Å²) in [5.41, 5.74) is 3.65. The summed E-state index contributed by atoms with van der Waals surface area (Å²) >= 11 is 0. The molecule has 4 rings (SSSR count). The molecule has 1 aliphatic heterocycles. The van der Waals surface area contributed by atoms with E-state index in [-0.39, 0.29) is 29.2 Å². The van der Waals surface area contributed by atoms with E-state index in [0.717, 1.165) is 25.5 Å². The van der Waals surface area contributed by atoms with E-state index in [1.54, 1.807) is 4.90 Å². The Morgan fingerprint density at radius 2 is 1.93 bits per heavy atom. The molecule has 1 aliphatic carbocycles. The quantitative estimate of drug-likeness (QED) is 0.723. The van der Waals surface area contributed by atoms with Crippen molar-refractivity contribution in [2.45, 2.75) is 38.3 Å². The number of rotatable bonds is 5. The lowest BCUT2D eigenvalue weighted by Gasteiger charge is -2.27. The summed E-state index contributed by atoms with van der Waals surface area (Å²) in [7, 11) is 3.94. The fraction of sp³-hybridized carbons (Fsp3) is 0.524. The second kappa shape index (κ2) is 7.23. The number of benzene rings is 1. The van der Waals surface area contributed by atoms with Crippen LogP contribution in [0, 0.1) is 17.6 Å². The summed E-state index contributed by atoms with van der Waals surface area (Å²) in [5, 5.41) is 8.99. The van der Waals surface area contributed by atoms with E-state index in [4.69, 9.17) is 5.73 Å². The first-order chi connectivity index (χ1) is 14.1. The van der Waals surface area contributed by atoms with Gasteiger partial charge in [0.25, 0.3) is 0 Å². The maximum atomic E-state index is 15.8. The number of aromatic carboxylic acids is 1. The summed E-state index contributed by atoms with van der Waals surface area (Å²) in [6.07, 6.45) is 3.41. The molecule has 0 unspecified atom stereocenters. The predicted octanol–water partition coefficient (Wildman–Crippen LogP) is 2.67. The average Bonchev–Trinajstić information content (AvgIpc) is 3.42. The van der Waals surface area contributed by atoms with Crippen molar-refractivity contribution in [2.24, 2.45) is 5.92 Å². The van der Waals surface area contributed by atoms with Gasteiger partial charge in [0.05, 0.1) is 16.6 Å². The largest absolute Gasteiger partial charge is 0.477 e. The summed E-state index contributed by atoms with van der Waals surface area (Å²) in [4.78, 5) is 28.0. The first kappa shape index (κ1) is 20.6. The van der Waals surface area contributed by atoms with E-state index in [1.165, 1.54) is 4.57 Å². The number of nitrogens with two attached hydrogens (primary N) is 1. The van der Waals surface area contributed by atoms with Crippen LogP contribution in [0.3, 0.4) is 0 Å². The third-order valence-corrected chi connectivity index (χ3v) is 6.57. The summed E-state index contributed by atoms with van der Waals surface area (Å²) < 4.78 is 32.5. The first-order valence-corrected chi connectivity index (χ1v) is 10.1. The zero-order chi connectivity index (χ0) is 21.9. The number of pyridine rings is 1. The molecular formula is C21H26F2N4O3. The van der Waals surface area contributed by atoms with Crippen molar-refractivity contribution in [3.05, 3.63) is 33.6 Å². The number of anilines is 2. The third kappa shape index (κ3) is 3.12. The van der Waals surface area contributed by atoms with E-state index in [0.29, 0.717) is 13.1 Å². The molecule has 1 saturated carbocycles. The van der Waals surface area contributed by atoms with Crippen molar-refractivity contribution < 1.29 is 18.7 Å². The number of carboxylic acid groups (broad SMARTS) is 1. The highest BCUT2D eigenvalue weighted by Gasteiger charge is 2.36. The molecule has 2 aliphatic rings. The van der Waals surface area contributed by atoms with Gasteiger partial charge in [0.2, 0.25) is 5.43 Å². The van der Waals surface area contributed by atoms with Crippen LogP contribution in [-0.2, 0) is 0 Å². The molecule has 0 radical (unpaired) electrons. The molecule has 162 valence electrons. The highest BCUT2D eigenvalue weighted by molar-refractivity contribution is 5.99. The lowest BCUT2D eigenvalue weighted by Crippen LogP contribution is -2.34. The summed E-state index contributed by atoms with van der Waals surface area (Å²) in [6, 6.07) is 0.111. The molecule has 2 atom stereocenters. The minimum atomic E-state index is -1.44. The zero-order valence-corrected chi connectivity index (χ0v) is 17.3. The number of aromatic nitrogens is 1. The average molecular weight is 420 g/mol. The topological polar surface area (TPSA) is 91.8 Å². The van der Waals surface area contributed by atoms with Crippen LogP contribution in [-0.4, -0.2) is 53.8 Å². The van der Waals surface area contributed by atoms with Gasteiger partial charge in [-0.15, -0.1) is 0 Å². The lowest BCUT2D eigenvalue weighted by molar-refractivity contribution is 0.0695. The molecule has 2 fully saturated rings. The number of carbonyl (C=O) groups is 1. The van der Waals surface area contributed by atoms with Crippen LogP contribution >= 0.6 is 0 Å². The number of fused-ring (bicyclic) bond motifs is 1. The van der Waals surface area contributed by atoms with Gasteiger partial charge < -0.3 is 25.2 Å². The lowest BCUT2D eigenvalue weighted by atomic mass is 10.00. The highest BCUT2D eigenvalue weighted by Crippen LogP contribution is 2.42. The van der Waals surface area contributed by atoms with Crippen LogP contribution in [0.2, 0.25) is 0 Å². The molecule has 1 aromatic carbocycles. The van der Waals surface area contributed by atoms with Crippen LogP contribution < -0.4 is 16.1 Å². The van der Waals surface area contributed by atoms with E-state index >= 15 is 8.78 Å². The molecular weight excluding hydrogens is 394 g/mol. The van der Waals surface area contributed by atoms with E-state index in [1.807, 2.05) is 14.1 Å². The molecule has 1 saturated heterocycles. The van der Waals surface area contributed by atoms with Crippen LogP contribution in [0.5, 0.6) is 0 Å². The molecule has 1 aromatic heterocycles. The Balaban J connectivity index is 1.92. The number of carboxylic acids is 1. The molecule has 0 amide bonds. The van der Waals surface area contributed by atoms with Gasteiger partial charge in [-0.25, -0.2) is 13.6 Å².